The molecule has 0 saturated carbocycles. The van der Waals surface area contributed by atoms with Crippen molar-refractivity contribution in [1.82, 2.24) is 14.2 Å². The zero-order valence-electron chi connectivity index (χ0n) is 12.7. The first kappa shape index (κ1) is 15.3. The molecule has 0 unspecified atom stereocenters. The van der Waals surface area contributed by atoms with Crippen LogP contribution in [0.3, 0.4) is 0 Å². The minimum atomic E-state index is -3.77. The standard InChI is InChI=1S/C15H16N4O3S/c1-3-19-15(20)14-8-13(9-18(14)10-16-19)23(21,22)17-12-6-4-11(2)5-7-12/h4-10,17H,3H2,1-2H3. The van der Waals surface area contributed by atoms with Gasteiger partial charge < -0.3 is 0 Å². The van der Waals surface area contributed by atoms with Crippen LogP contribution in [0.1, 0.15) is 12.5 Å². The average Bonchev–Trinajstić information content (AvgIpc) is 2.96. The molecule has 120 valence electrons. The Morgan fingerprint density at radius 2 is 1.91 bits per heavy atom. The highest BCUT2D eigenvalue weighted by atomic mass is 32.2. The second kappa shape index (κ2) is 5.54. The molecule has 3 aromatic rings. The molecule has 0 saturated heterocycles. The van der Waals surface area contributed by atoms with Crippen LogP contribution in [-0.4, -0.2) is 22.6 Å². The second-order valence-electron chi connectivity index (χ2n) is 5.19. The van der Waals surface area contributed by atoms with Gasteiger partial charge in [0.05, 0.1) is 0 Å². The Bertz CT molecular complexity index is 1020. The maximum Gasteiger partial charge on any atom is 0.291 e. The molecule has 0 fully saturated rings. The van der Waals surface area contributed by atoms with Crippen molar-refractivity contribution in [2.45, 2.75) is 25.3 Å². The number of benzene rings is 1. The fraction of sp³-hybridized carbons (Fsp3) is 0.200. The highest BCUT2D eigenvalue weighted by molar-refractivity contribution is 7.92. The van der Waals surface area contributed by atoms with E-state index >= 15 is 0 Å². The lowest BCUT2D eigenvalue weighted by atomic mass is 10.2. The highest BCUT2D eigenvalue weighted by Gasteiger charge is 2.18. The van der Waals surface area contributed by atoms with Gasteiger partial charge in [-0.2, -0.15) is 5.10 Å². The summed E-state index contributed by atoms with van der Waals surface area (Å²) in [5.41, 5.74) is 1.45. The zero-order valence-corrected chi connectivity index (χ0v) is 13.5. The summed E-state index contributed by atoms with van der Waals surface area (Å²) in [5, 5.41) is 3.97. The Labute approximate surface area is 133 Å². The molecule has 0 spiro atoms. The summed E-state index contributed by atoms with van der Waals surface area (Å²) in [6.07, 6.45) is 2.80. The number of rotatable bonds is 4. The average molecular weight is 332 g/mol. The molecular weight excluding hydrogens is 316 g/mol. The number of aromatic nitrogens is 3. The molecule has 0 aliphatic rings. The lowest BCUT2D eigenvalue weighted by molar-refractivity contribution is 0.601. The van der Waals surface area contributed by atoms with Crippen LogP contribution >= 0.6 is 0 Å². The first-order valence-corrected chi connectivity index (χ1v) is 8.56. The Morgan fingerprint density at radius 1 is 1.22 bits per heavy atom. The van der Waals surface area contributed by atoms with Gasteiger partial charge in [0, 0.05) is 18.4 Å². The molecule has 2 aromatic heterocycles. The number of nitrogens with zero attached hydrogens (tertiary/aromatic N) is 3. The fourth-order valence-electron chi connectivity index (χ4n) is 2.23. The smallest absolute Gasteiger partial charge is 0.291 e. The van der Waals surface area contributed by atoms with Gasteiger partial charge in [-0.25, -0.2) is 13.1 Å². The van der Waals surface area contributed by atoms with Crippen molar-refractivity contribution in [3.05, 3.63) is 58.8 Å². The third-order valence-corrected chi connectivity index (χ3v) is 4.85. The van der Waals surface area contributed by atoms with Crippen molar-refractivity contribution in [2.24, 2.45) is 0 Å². The number of hydrogen-bond donors (Lipinski definition) is 1. The molecule has 8 heteroatoms. The van der Waals surface area contributed by atoms with E-state index in [1.54, 1.807) is 19.1 Å². The number of anilines is 1. The summed E-state index contributed by atoms with van der Waals surface area (Å²) in [6.45, 7) is 4.14. The zero-order chi connectivity index (χ0) is 16.6. The second-order valence-corrected chi connectivity index (χ2v) is 6.87. The Kier molecular flexibility index (Phi) is 3.69. The summed E-state index contributed by atoms with van der Waals surface area (Å²) in [5.74, 6) is 0. The molecule has 0 aliphatic carbocycles. The van der Waals surface area contributed by atoms with Gasteiger partial charge in [-0.05, 0) is 32.0 Å². The number of hydrogen-bond acceptors (Lipinski definition) is 4. The van der Waals surface area contributed by atoms with E-state index < -0.39 is 10.0 Å². The van der Waals surface area contributed by atoms with Crippen molar-refractivity contribution in [3.63, 3.8) is 0 Å². The molecule has 0 aliphatic heterocycles. The van der Waals surface area contributed by atoms with Crippen LogP contribution in [0, 0.1) is 6.92 Å². The summed E-state index contributed by atoms with van der Waals surface area (Å²) in [4.78, 5) is 12.2. The predicted molar refractivity (Wildman–Crippen MR) is 87.1 cm³/mol. The minimum Gasteiger partial charge on any atom is -0.300 e. The first-order valence-electron chi connectivity index (χ1n) is 7.08. The van der Waals surface area contributed by atoms with Crippen molar-refractivity contribution in [3.8, 4) is 0 Å². The van der Waals surface area contributed by atoms with E-state index in [4.69, 9.17) is 0 Å². The molecule has 23 heavy (non-hydrogen) atoms. The first-order chi connectivity index (χ1) is 10.9. The number of nitrogens with one attached hydrogen (secondary N) is 1. The number of fused-ring (bicyclic) bond motifs is 1. The number of aryl methyl sites for hydroxylation is 2. The minimum absolute atomic E-state index is 0.0193. The van der Waals surface area contributed by atoms with Gasteiger partial charge in [0.1, 0.15) is 16.7 Å². The summed E-state index contributed by atoms with van der Waals surface area (Å²) in [7, 11) is -3.77. The molecular formula is C15H16N4O3S. The fourth-order valence-corrected chi connectivity index (χ4v) is 3.31. The van der Waals surface area contributed by atoms with Gasteiger partial charge in [-0.15, -0.1) is 0 Å². The van der Waals surface area contributed by atoms with Gasteiger partial charge in [0.2, 0.25) is 0 Å². The molecule has 0 bridgehead atoms. The molecule has 1 N–H and O–H groups in total. The van der Waals surface area contributed by atoms with Crippen LogP contribution in [0.15, 0.2) is 52.5 Å². The molecule has 0 atom stereocenters. The molecule has 0 radical (unpaired) electrons. The highest BCUT2D eigenvalue weighted by Crippen LogP contribution is 2.18. The third-order valence-electron chi connectivity index (χ3n) is 3.51. The quantitative estimate of drug-likeness (QED) is 0.787. The summed E-state index contributed by atoms with van der Waals surface area (Å²) >= 11 is 0. The van der Waals surface area contributed by atoms with Gasteiger partial charge in [-0.1, -0.05) is 17.7 Å². The van der Waals surface area contributed by atoms with E-state index in [0.29, 0.717) is 12.2 Å². The normalized spacial score (nSPS) is 11.7. The van der Waals surface area contributed by atoms with E-state index in [0.717, 1.165) is 5.56 Å². The van der Waals surface area contributed by atoms with Crippen molar-refractivity contribution < 1.29 is 8.42 Å². The van der Waals surface area contributed by atoms with E-state index in [1.807, 2.05) is 19.1 Å². The van der Waals surface area contributed by atoms with Crippen LogP contribution in [-0.2, 0) is 16.6 Å². The monoisotopic (exact) mass is 332 g/mol. The summed E-state index contributed by atoms with van der Waals surface area (Å²) in [6, 6.07) is 8.37. The summed E-state index contributed by atoms with van der Waals surface area (Å²) < 4.78 is 30.1. The molecule has 0 amide bonds. The van der Waals surface area contributed by atoms with Gasteiger partial charge in [-0.3, -0.25) is 13.9 Å². The third kappa shape index (κ3) is 2.85. The van der Waals surface area contributed by atoms with E-state index in [-0.39, 0.29) is 16.0 Å². The Morgan fingerprint density at radius 3 is 2.57 bits per heavy atom. The lowest BCUT2D eigenvalue weighted by Gasteiger charge is -2.06. The van der Waals surface area contributed by atoms with E-state index in [2.05, 4.69) is 9.82 Å². The van der Waals surface area contributed by atoms with Crippen LogP contribution in [0.25, 0.3) is 5.52 Å². The van der Waals surface area contributed by atoms with Gasteiger partial charge >= 0.3 is 0 Å². The molecule has 3 rings (SSSR count). The maximum atomic E-state index is 12.5. The van der Waals surface area contributed by atoms with Crippen LogP contribution in [0.4, 0.5) is 5.69 Å². The van der Waals surface area contributed by atoms with Gasteiger partial charge in [0.25, 0.3) is 15.6 Å². The molecule has 7 nitrogen and oxygen atoms in total. The van der Waals surface area contributed by atoms with Crippen molar-refractivity contribution in [1.29, 1.82) is 0 Å². The topological polar surface area (TPSA) is 85.5 Å². The van der Waals surface area contributed by atoms with Crippen LogP contribution in [0.5, 0.6) is 0 Å². The molecule has 1 aromatic carbocycles. The van der Waals surface area contributed by atoms with Crippen molar-refractivity contribution >= 4 is 21.2 Å². The molecule has 2 heterocycles. The lowest BCUT2D eigenvalue weighted by Crippen LogP contribution is -2.23. The van der Waals surface area contributed by atoms with Gasteiger partial charge in [0.15, 0.2) is 0 Å². The Hall–Kier alpha value is -2.61. The largest absolute Gasteiger partial charge is 0.300 e. The SMILES string of the molecule is CCn1ncn2cc(S(=O)(=O)Nc3ccc(C)cc3)cc2c1=O. The number of sulfonamides is 1. The van der Waals surface area contributed by atoms with Crippen molar-refractivity contribution in [2.75, 3.05) is 4.72 Å². The maximum absolute atomic E-state index is 12.5. The van der Waals surface area contributed by atoms with E-state index in [1.165, 1.54) is 27.7 Å². The van der Waals surface area contributed by atoms with Crippen LogP contribution in [0.2, 0.25) is 0 Å². The Balaban J connectivity index is 2.03. The predicted octanol–water partition coefficient (Wildman–Crippen LogP) is 1.63. The van der Waals surface area contributed by atoms with Crippen LogP contribution < -0.4 is 10.3 Å². The van der Waals surface area contributed by atoms with E-state index in [9.17, 15) is 13.2 Å².